The molecule has 0 spiro atoms. The van der Waals surface area contributed by atoms with Crippen LogP contribution in [-0.4, -0.2) is 10.1 Å². The lowest BCUT2D eigenvalue weighted by molar-refractivity contribution is 0.476. The number of aromatic nitrogens is 1. The average molecular weight is 339 g/mol. The molecular weight excluding hydrogens is 318 g/mol. The van der Waals surface area contributed by atoms with E-state index in [0.29, 0.717) is 11.7 Å². The minimum atomic E-state index is 0.341. The van der Waals surface area contributed by atoms with Gasteiger partial charge in [-0.2, -0.15) is 0 Å². The number of hydrogen-bond acceptors (Lipinski definition) is 2. The van der Waals surface area contributed by atoms with Gasteiger partial charge in [0.1, 0.15) is 5.75 Å². The predicted octanol–water partition coefficient (Wildman–Crippen LogP) is 5.89. The van der Waals surface area contributed by atoms with E-state index in [0.717, 1.165) is 29.3 Å². The van der Waals surface area contributed by atoms with E-state index in [4.69, 9.17) is 4.98 Å². The first-order valence-corrected chi connectivity index (χ1v) is 9.34. The van der Waals surface area contributed by atoms with Crippen molar-refractivity contribution < 1.29 is 5.11 Å². The summed E-state index contributed by atoms with van der Waals surface area (Å²) in [5.74, 6) is 0.981. The highest BCUT2D eigenvalue weighted by atomic mass is 16.3. The molecule has 0 saturated heterocycles. The summed E-state index contributed by atoms with van der Waals surface area (Å²) >= 11 is 0. The normalized spacial score (nSPS) is 16.7. The summed E-state index contributed by atoms with van der Waals surface area (Å²) in [6.45, 7) is 2.31. The zero-order valence-electron chi connectivity index (χ0n) is 14.9. The average Bonchev–Trinajstić information content (AvgIpc) is 2.67. The molecule has 0 aliphatic heterocycles. The van der Waals surface area contributed by atoms with Gasteiger partial charge in [-0.05, 0) is 53.6 Å². The number of benzene rings is 3. The largest absolute Gasteiger partial charge is 0.507 e. The topological polar surface area (TPSA) is 33.1 Å². The van der Waals surface area contributed by atoms with Crippen LogP contribution in [0.2, 0.25) is 0 Å². The van der Waals surface area contributed by atoms with E-state index in [9.17, 15) is 5.11 Å². The highest BCUT2D eigenvalue weighted by Gasteiger charge is 2.24. The summed E-state index contributed by atoms with van der Waals surface area (Å²) < 4.78 is 0. The molecule has 0 radical (unpaired) electrons. The third-order valence-electron chi connectivity index (χ3n) is 5.66. The second-order valence-electron chi connectivity index (χ2n) is 7.46. The van der Waals surface area contributed by atoms with Crippen molar-refractivity contribution in [1.29, 1.82) is 0 Å². The zero-order valence-corrected chi connectivity index (χ0v) is 14.9. The Kier molecular flexibility index (Phi) is 3.46. The summed E-state index contributed by atoms with van der Waals surface area (Å²) in [5.41, 5.74) is 5.63. The number of rotatable bonds is 1. The lowest BCUT2D eigenvalue weighted by Crippen LogP contribution is -2.14. The summed E-state index contributed by atoms with van der Waals surface area (Å²) in [6.07, 6.45) is 3.21. The quantitative estimate of drug-likeness (QED) is 0.439. The Balaban J connectivity index is 2.00. The second-order valence-corrected chi connectivity index (χ2v) is 7.46. The molecule has 1 heterocycles. The predicted molar refractivity (Wildman–Crippen MR) is 108 cm³/mol. The van der Waals surface area contributed by atoms with Crippen molar-refractivity contribution in [2.75, 3.05) is 0 Å². The van der Waals surface area contributed by atoms with Crippen LogP contribution in [0.4, 0.5) is 0 Å². The van der Waals surface area contributed by atoms with Crippen molar-refractivity contribution >= 4 is 21.7 Å². The van der Waals surface area contributed by atoms with Gasteiger partial charge in [-0.1, -0.05) is 55.5 Å². The fraction of sp³-hybridized carbons (Fsp3) is 0.208. The van der Waals surface area contributed by atoms with Gasteiger partial charge < -0.3 is 5.11 Å². The van der Waals surface area contributed by atoms with Crippen molar-refractivity contribution in [2.45, 2.75) is 26.2 Å². The van der Waals surface area contributed by atoms with Gasteiger partial charge in [0, 0.05) is 22.2 Å². The molecule has 1 N–H and O–H groups in total. The van der Waals surface area contributed by atoms with Gasteiger partial charge in [0.15, 0.2) is 0 Å². The first-order valence-electron chi connectivity index (χ1n) is 9.34. The number of hydrogen-bond donors (Lipinski definition) is 1. The number of nitrogens with zero attached hydrogens (tertiary/aromatic N) is 1. The fourth-order valence-corrected chi connectivity index (χ4v) is 4.37. The Hall–Kier alpha value is -2.87. The number of para-hydroxylation sites is 1. The van der Waals surface area contributed by atoms with Crippen LogP contribution in [0.25, 0.3) is 32.8 Å². The number of fused-ring (bicyclic) bond motifs is 4. The second kappa shape index (κ2) is 5.84. The van der Waals surface area contributed by atoms with E-state index >= 15 is 0 Å². The first-order chi connectivity index (χ1) is 12.7. The molecule has 128 valence electrons. The van der Waals surface area contributed by atoms with E-state index in [-0.39, 0.29) is 0 Å². The molecule has 2 heteroatoms. The van der Waals surface area contributed by atoms with Crippen molar-refractivity contribution in [3.8, 4) is 16.9 Å². The Labute approximate surface area is 153 Å². The van der Waals surface area contributed by atoms with Crippen molar-refractivity contribution in [3.63, 3.8) is 0 Å². The van der Waals surface area contributed by atoms with Crippen LogP contribution in [0.1, 0.15) is 24.6 Å². The molecule has 4 aromatic rings. The standard InChI is InChI=1S/C24H21NO/c1-15-10-12-20-19(14-15)23(18-8-4-5-9-22(18)26)24-17-7-3-2-6-16(17)11-13-21(24)25-20/h2-9,11,13,15,26H,10,12,14H2,1H3. The molecule has 2 nitrogen and oxygen atoms in total. The van der Waals surface area contributed by atoms with Crippen LogP contribution in [0.3, 0.4) is 0 Å². The minimum Gasteiger partial charge on any atom is -0.507 e. The summed E-state index contributed by atoms with van der Waals surface area (Å²) in [7, 11) is 0. The van der Waals surface area contributed by atoms with Gasteiger partial charge in [0.2, 0.25) is 0 Å². The van der Waals surface area contributed by atoms with Crippen molar-refractivity contribution in [3.05, 3.63) is 71.9 Å². The summed E-state index contributed by atoms with van der Waals surface area (Å²) in [4.78, 5) is 5.03. The van der Waals surface area contributed by atoms with E-state index < -0.39 is 0 Å². The number of aryl methyl sites for hydroxylation is 1. The Morgan fingerprint density at radius 2 is 1.77 bits per heavy atom. The van der Waals surface area contributed by atoms with Gasteiger partial charge in [0.05, 0.1) is 5.52 Å². The van der Waals surface area contributed by atoms with Crippen LogP contribution >= 0.6 is 0 Å². The lowest BCUT2D eigenvalue weighted by Gasteiger charge is -2.25. The molecule has 0 saturated carbocycles. The molecule has 3 aromatic carbocycles. The fourth-order valence-electron chi connectivity index (χ4n) is 4.37. The minimum absolute atomic E-state index is 0.341. The van der Waals surface area contributed by atoms with Gasteiger partial charge >= 0.3 is 0 Å². The Bertz CT molecular complexity index is 1150. The summed E-state index contributed by atoms with van der Waals surface area (Å²) in [5, 5.41) is 14.2. The lowest BCUT2D eigenvalue weighted by atomic mass is 9.81. The van der Waals surface area contributed by atoms with Gasteiger partial charge in [-0.25, -0.2) is 0 Å². The number of aromatic hydroxyl groups is 1. The van der Waals surface area contributed by atoms with Crippen LogP contribution in [0.15, 0.2) is 60.7 Å². The molecule has 1 atom stereocenters. The van der Waals surface area contributed by atoms with Crippen LogP contribution in [0.5, 0.6) is 5.75 Å². The molecule has 1 aliphatic rings. The number of phenols is 1. The van der Waals surface area contributed by atoms with Crippen LogP contribution in [-0.2, 0) is 12.8 Å². The third-order valence-corrected chi connectivity index (χ3v) is 5.66. The smallest absolute Gasteiger partial charge is 0.123 e. The molecule has 5 rings (SSSR count). The molecular formula is C24H21NO. The molecule has 1 unspecified atom stereocenters. The Morgan fingerprint density at radius 3 is 2.65 bits per heavy atom. The maximum Gasteiger partial charge on any atom is 0.123 e. The number of phenolic OH excluding ortho intramolecular Hbond substituents is 1. The highest BCUT2D eigenvalue weighted by molar-refractivity contribution is 6.14. The monoisotopic (exact) mass is 339 g/mol. The van der Waals surface area contributed by atoms with E-state index in [2.05, 4.69) is 43.3 Å². The molecule has 1 aromatic heterocycles. The van der Waals surface area contributed by atoms with Crippen molar-refractivity contribution in [1.82, 2.24) is 4.98 Å². The molecule has 1 aliphatic carbocycles. The first kappa shape index (κ1) is 15.4. The number of pyridine rings is 1. The summed E-state index contributed by atoms with van der Waals surface area (Å²) in [6, 6.07) is 20.4. The molecule has 0 bridgehead atoms. The maximum absolute atomic E-state index is 10.6. The van der Waals surface area contributed by atoms with Crippen LogP contribution in [0, 0.1) is 5.92 Å². The van der Waals surface area contributed by atoms with E-state index in [1.807, 2.05) is 18.2 Å². The SMILES string of the molecule is CC1CCc2nc3ccc4ccccc4c3c(-c3ccccc3O)c2C1. The highest BCUT2D eigenvalue weighted by Crippen LogP contribution is 2.43. The van der Waals surface area contributed by atoms with E-state index in [1.54, 1.807) is 6.07 Å². The van der Waals surface area contributed by atoms with Crippen LogP contribution < -0.4 is 0 Å². The van der Waals surface area contributed by atoms with Gasteiger partial charge in [-0.15, -0.1) is 0 Å². The van der Waals surface area contributed by atoms with Crippen molar-refractivity contribution in [2.24, 2.45) is 5.92 Å². The molecule has 26 heavy (non-hydrogen) atoms. The molecule has 0 amide bonds. The third kappa shape index (κ3) is 2.29. The zero-order chi connectivity index (χ0) is 17.7. The Morgan fingerprint density at radius 1 is 0.962 bits per heavy atom. The van der Waals surface area contributed by atoms with E-state index in [1.165, 1.54) is 34.0 Å². The maximum atomic E-state index is 10.6. The van der Waals surface area contributed by atoms with Gasteiger partial charge in [0.25, 0.3) is 0 Å². The van der Waals surface area contributed by atoms with Gasteiger partial charge in [-0.3, -0.25) is 4.98 Å². The molecule has 0 fully saturated rings.